The number of nitrogens with zero attached hydrogens (tertiary/aromatic N) is 4. The van der Waals surface area contributed by atoms with E-state index in [9.17, 15) is 13.2 Å². The van der Waals surface area contributed by atoms with E-state index in [4.69, 9.17) is 9.15 Å². The van der Waals surface area contributed by atoms with Crippen LogP contribution in [0, 0.1) is 5.92 Å². The van der Waals surface area contributed by atoms with Crippen LogP contribution in [-0.2, 0) is 10.0 Å². The number of carbonyl (C=O) groups excluding carboxylic acids is 1. The zero-order valence-corrected chi connectivity index (χ0v) is 18.7. The quantitative estimate of drug-likeness (QED) is 0.543. The number of rotatable bonds is 7. The fourth-order valence-corrected chi connectivity index (χ4v) is 5.32. The van der Waals surface area contributed by atoms with E-state index in [1.165, 1.54) is 23.0 Å². The number of anilines is 1. The summed E-state index contributed by atoms with van der Waals surface area (Å²) in [7, 11) is -1.64. The molecule has 3 aromatic rings. The summed E-state index contributed by atoms with van der Waals surface area (Å²) in [5.41, 5.74) is 0.738. The van der Waals surface area contributed by atoms with Crippen LogP contribution in [0.2, 0.25) is 0 Å². The molecule has 4 heterocycles. The molecule has 0 saturated carbocycles. The lowest BCUT2D eigenvalue weighted by Gasteiger charge is -2.41. The molecule has 12 heteroatoms. The lowest BCUT2D eigenvalue weighted by molar-refractivity contribution is 0.188. The molecule has 2 atom stereocenters. The molecule has 0 aromatic carbocycles. The molecule has 2 unspecified atom stereocenters. The van der Waals surface area contributed by atoms with Gasteiger partial charge in [0, 0.05) is 45.0 Å². The van der Waals surface area contributed by atoms with Gasteiger partial charge in [-0.3, -0.25) is 0 Å². The van der Waals surface area contributed by atoms with Crippen molar-refractivity contribution in [2.45, 2.75) is 19.4 Å². The predicted molar refractivity (Wildman–Crippen MR) is 118 cm³/mol. The van der Waals surface area contributed by atoms with Gasteiger partial charge < -0.3 is 24.4 Å². The van der Waals surface area contributed by atoms with E-state index in [1.54, 1.807) is 6.07 Å². The second-order valence-electron chi connectivity index (χ2n) is 7.80. The summed E-state index contributed by atoms with van der Waals surface area (Å²) in [6, 6.07) is 4.93. The topological polar surface area (TPSA) is 134 Å². The first-order chi connectivity index (χ1) is 15.3. The molecule has 1 fully saturated rings. The van der Waals surface area contributed by atoms with Gasteiger partial charge in [0.15, 0.2) is 0 Å². The maximum absolute atomic E-state index is 12.9. The highest BCUT2D eigenvalue weighted by Crippen LogP contribution is 2.29. The number of amides is 1. The summed E-state index contributed by atoms with van der Waals surface area (Å²) in [6.45, 7) is 2.83. The summed E-state index contributed by atoms with van der Waals surface area (Å²) in [4.78, 5) is 25.5. The Morgan fingerprint density at radius 1 is 1.41 bits per heavy atom. The van der Waals surface area contributed by atoms with Crippen molar-refractivity contribution in [3.05, 3.63) is 37.0 Å². The van der Waals surface area contributed by atoms with E-state index in [1.807, 2.05) is 24.2 Å². The average molecular weight is 463 g/mol. The van der Waals surface area contributed by atoms with Crippen LogP contribution in [0.25, 0.3) is 11.0 Å². The van der Waals surface area contributed by atoms with Gasteiger partial charge in [0.1, 0.15) is 17.8 Å². The number of aromatic nitrogens is 3. The van der Waals surface area contributed by atoms with E-state index in [-0.39, 0.29) is 30.2 Å². The molecule has 0 radical (unpaired) electrons. The van der Waals surface area contributed by atoms with Crippen LogP contribution in [0.15, 0.2) is 41.4 Å². The number of piperidine rings is 1. The van der Waals surface area contributed by atoms with Crippen molar-refractivity contribution < 1.29 is 22.4 Å². The number of H-pyrrole nitrogens is 1. The average Bonchev–Trinajstić information content (AvgIpc) is 3.45. The number of hydrogen-bond acceptors (Lipinski definition) is 8. The van der Waals surface area contributed by atoms with Gasteiger partial charge in [-0.2, -0.15) is 4.31 Å². The van der Waals surface area contributed by atoms with Crippen molar-refractivity contribution in [2.75, 3.05) is 37.3 Å². The number of carbonyl (C=O) groups is 1. The number of hydrogen-bond donors (Lipinski definition) is 2. The van der Waals surface area contributed by atoms with Gasteiger partial charge in [-0.05, 0) is 24.5 Å². The number of likely N-dealkylation sites (N-methyl/N-ethyl adjacent to an activating group) is 1. The van der Waals surface area contributed by atoms with Crippen LogP contribution in [0.5, 0.6) is 5.95 Å². The molecule has 0 spiro atoms. The minimum Gasteiger partial charge on any atom is -0.434 e. The molecule has 11 nitrogen and oxygen atoms in total. The summed E-state index contributed by atoms with van der Waals surface area (Å²) in [5, 5.41) is 3.33. The van der Waals surface area contributed by atoms with Crippen molar-refractivity contribution in [3.8, 4) is 5.95 Å². The second kappa shape index (κ2) is 9.17. The highest BCUT2D eigenvalue weighted by Gasteiger charge is 2.35. The van der Waals surface area contributed by atoms with Gasteiger partial charge in [0.2, 0.25) is 10.0 Å². The Labute approximate surface area is 185 Å². The van der Waals surface area contributed by atoms with Crippen molar-refractivity contribution >= 4 is 33.0 Å². The summed E-state index contributed by atoms with van der Waals surface area (Å²) in [5.74, 6) is 0.856. The molecule has 0 bridgehead atoms. The number of ether oxygens (including phenoxy) is 1. The Morgan fingerprint density at radius 2 is 2.25 bits per heavy atom. The third-order valence-corrected chi connectivity index (χ3v) is 7.60. The number of sulfonamides is 1. The molecule has 1 saturated heterocycles. The van der Waals surface area contributed by atoms with Crippen LogP contribution in [0.1, 0.15) is 13.3 Å². The van der Waals surface area contributed by atoms with Crippen LogP contribution in [0.4, 0.5) is 10.6 Å². The molecular weight excluding hydrogens is 436 g/mol. The SMILES string of the molecule is CC1CCN(S(=O)(=O)CCNC(=O)Oc2ccco2)CC1N(C)c1ncnc2[nH]ccc12. The maximum atomic E-state index is 12.9. The molecule has 1 aliphatic heterocycles. The van der Waals surface area contributed by atoms with E-state index >= 15 is 0 Å². The number of furan rings is 1. The van der Waals surface area contributed by atoms with Gasteiger partial charge in [-0.25, -0.2) is 23.2 Å². The minimum absolute atomic E-state index is 0.0440. The number of nitrogens with one attached hydrogen (secondary N) is 2. The number of fused-ring (bicyclic) bond motifs is 1. The third kappa shape index (κ3) is 4.70. The molecule has 1 amide bonds. The molecule has 32 heavy (non-hydrogen) atoms. The van der Waals surface area contributed by atoms with Gasteiger partial charge in [-0.1, -0.05) is 6.92 Å². The second-order valence-corrected chi connectivity index (χ2v) is 9.89. The molecule has 172 valence electrons. The van der Waals surface area contributed by atoms with Crippen LogP contribution < -0.4 is 15.0 Å². The molecule has 1 aliphatic rings. The van der Waals surface area contributed by atoms with Gasteiger partial charge in [0.25, 0.3) is 5.95 Å². The third-order valence-electron chi connectivity index (χ3n) is 5.76. The fourth-order valence-electron chi connectivity index (χ4n) is 3.93. The highest BCUT2D eigenvalue weighted by molar-refractivity contribution is 7.89. The lowest BCUT2D eigenvalue weighted by atomic mass is 9.93. The Balaban J connectivity index is 1.38. The van der Waals surface area contributed by atoms with Crippen molar-refractivity contribution in [1.29, 1.82) is 0 Å². The first kappa shape index (κ1) is 22.1. The fraction of sp³-hybridized carbons (Fsp3) is 0.450. The van der Waals surface area contributed by atoms with Crippen LogP contribution in [-0.4, -0.2) is 72.2 Å². The van der Waals surface area contributed by atoms with E-state index in [0.717, 1.165) is 23.3 Å². The largest absolute Gasteiger partial charge is 0.434 e. The van der Waals surface area contributed by atoms with Gasteiger partial charge in [-0.15, -0.1) is 0 Å². The van der Waals surface area contributed by atoms with Crippen molar-refractivity contribution in [3.63, 3.8) is 0 Å². The zero-order valence-electron chi connectivity index (χ0n) is 17.9. The van der Waals surface area contributed by atoms with Crippen molar-refractivity contribution in [1.82, 2.24) is 24.6 Å². The van der Waals surface area contributed by atoms with Gasteiger partial charge in [0.05, 0.1) is 17.4 Å². The zero-order chi connectivity index (χ0) is 22.7. The normalized spacial score (nSPS) is 19.7. The van der Waals surface area contributed by atoms with E-state index in [2.05, 4.69) is 27.2 Å². The Kier molecular flexibility index (Phi) is 6.33. The minimum atomic E-state index is -3.57. The molecular formula is C20H26N6O5S. The first-order valence-corrected chi connectivity index (χ1v) is 11.9. The standard InChI is InChI=1S/C20H26N6O5S/c1-14-6-9-26(32(28,29)11-8-22-20(27)31-17-4-3-10-30-17)12-16(14)25(2)19-15-5-7-21-18(15)23-13-24-19/h3-5,7,10,13-14,16H,6,8-9,11-12H2,1-2H3,(H,22,27)(H,21,23,24). The predicted octanol–water partition coefficient (Wildman–Crippen LogP) is 1.82. The Bertz CT molecular complexity index is 1160. The molecule has 0 aliphatic carbocycles. The van der Waals surface area contributed by atoms with E-state index in [0.29, 0.717) is 13.1 Å². The lowest BCUT2D eigenvalue weighted by Crippen LogP contribution is -2.53. The monoisotopic (exact) mass is 462 g/mol. The van der Waals surface area contributed by atoms with Crippen LogP contribution in [0.3, 0.4) is 0 Å². The van der Waals surface area contributed by atoms with Gasteiger partial charge >= 0.3 is 6.09 Å². The Hall–Kier alpha value is -3.12. The number of aromatic amines is 1. The summed E-state index contributed by atoms with van der Waals surface area (Å²) < 4.78 is 37.2. The summed E-state index contributed by atoms with van der Waals surface area (Å²) >= 11 is 0. The molecule has 2 N–H and O–H groups in total. The van der Waals surface area contributed by atoms with Crippen LogP contribution >= 0.6 is 0 Å². The Morgan fingerprint density at radius 3 is 3.03 bits per heavy atom. The van der Waals surface area contributed by atoms with E-state index < -0.39 is 16.1 Å². The van der Waals surface area contributed by atoms with Crippen molar-refractivity contribution in [2.24, 2.45) is 5.92 Å². The molecule has 3 aromatic heterocycles. The highest BCUT2D eigenvalue weighted by atomic mass is 32.2. The smallest absolute Gasteiger partial charge is 0.415 e. The maximum Gasteiger partial charge on any atom is 0.415 e. The summed E-state index contributed by atoms with van der Waals surface area (Å²) in [6.07, 6.45) is 4.64. The first-order valence-electron chi connectivity index (χ1n) is 10.3. The molecule has 4 rings (SSSR count).